The van der Waals surface area contributed by atoms with Crippen LogP contribution in [0.15, 0.2) is 12.3 Å². The molecule has 1 rings (SSSR count). The van der Waals surface area contributed by atoms with Crippen LogP contribution in [0.2, 0.25) is 0 Å². The summed E-state index contributed by atoms with van der Waals surface area (Å²) in [4.78, 5) is 10.4. The highest BCUT2D eigenvalue weighted by atomic mass is 32.1. The largest absolute Gasteiger partial charge is 0.463 e. The van der Waals surface area contributed by atoms with Crippen molar-refractivity contribution in [3.05, 3.63) is 18.0 Å². The van der Waals surface area contributed by atoms with Crippen LogP contribution in [0.4, 0.5) is 0 Å². The molecule has 0 fully saturated rings. The zero-order valence-electron chi connectivity index (χ0n) is 9.51. The molecule has 0 aromatic carbocycles. The third kappa shape index (κ3) is 4.50. The Morgan fingerprint density at radius 3 is 2.94 bits per heavy atom. The van der Waals surface area contributed by atoms with Gasteiger partial charge in [0.05, 0.1) is 6.61 Å². The molecule has 0 amide bonds. The Hall–Kier alpha value is -1.27. The molecule has 0 aliphatic heterocycles. The zero-order chi connectivity index (χ0) is 12.0. The summed E-state index contributed by atoms with van der Waals surface area (Å²) in [6.45, 7) is 1.55. The Kier molecular flexibility index (Phi) is 5.07. The SMILES string of the molecule is CN(C)CCCOc1nccc(C(N)=S)n1. The Balaban J connectivity index is 2.42. The van der Waals surface area contributed by atoms with Crippen LogP contribution in [-0.2, 0) is 0 Å². The molecule has 6 heteroatoms. The van der Waals surface area contributed by atoms with E-state index < -0.39 is 0 Å². The molecule has 88 valence electrons. The third-order valence-corrected chi connectivity index (χ3v) is 2.08. The molecule has 16 heavy (non-hydrogen) atoms. The minimum atomic E-state index is 0.251. The van der Waals surface area contributed by atoms with Gasteiger partial charge < -0.3 is 15.4 Å². The van der Waals surface area contributed by atoms with Crippen molar-refractivity contribution in [2.45, 2.75) is 6.42 Å². The average molecular weight is 240 g/mol. The van der Waals surface area contributed by atoms with Crippen LogP contribution in [0.3, 0.4) is 0 Å². The normalized spacial score (nSPS) is 10.4. The summed E-state index contributed by atoms with van der Waals surface area (Å²) in [6.07, 6.45) is 2.51. The molecule has 0 atom stereocenters. The number of thiocarbonyl (C=S) groups is 1. The molecule has 1 aromatic rings. The molecule has 1 heterocycles. The molecule has 0 aliphatic rings. The van der Waals surface area contributed by atoms with E-state index in [1.54, 1.807) is 12.3 Å². The molecule has 0 bridgehead atoms. The van der Waals surface area contributed by atoms with E-state index in [0.29, 0.717) is 18.3 Å². The van der Waals surface area contributed by atoms with Crippen molar-refractivity contribution < 1.29 is 4.74 Å². The number of nitrogens with zero attached hydrogens (tertiary/aromatic N) is 3. The van der Waals surface area contributed by atoms with Crippen molar-refractivity contribution in [1.29, 1.82) is 0 Å². The first-order chi connectivity index (χ1) is 7.59. The minimum Gasteiger partial charge on any atom is -0.463 e. The first-order valence-electron chi connectivity index (χ1n) is 5.00. The van der Waals surface area contributed by atoms with E-state index in [2.05, 4.69) is 14.9 Å². The average Bonchev–Trinajstić information content (AvgIpc) is 2.24. The van der Waals surface area contributed by atoms with Gasteiger partial charge in [0.2, 0.25) is 0 Å². The fourth-order valence-electron chi connectivity index (χ4n) is 1.09. The number of rotatable bonds is 6. The third-order valence-electron chi connectivity index (χ3n) is 1.87. The first kappa shape index (κ1) is 12.8. The van der Waals surface area contributed by atoms with E-state index in [-0.39, 0.29) is 4.99 Å². The van der Waals surface area contributed by atoms with Gasteiger partial charge in [-0.2, -0.15) is 4.98 Å². The summed E-state index contributed by atoms with van der Waals surface area (Å²) >= 11 is 4.82. The number of ether oxygens (including phenoxy) is 1. The van der Waals surface area contributed by atoms with E-state index in [1.165, 1.54) is 0 Å². The number of nitrogens with two attached hydrogens (primary N) is 1. The van der Waals surface area contributed by atoms with Gasteiger partial charge in [-0.25, -0.2) is 4.98 Å². The van der Waals surface area contributed by atoms with E-state index in [9.17, 15) is 0 Å². The lowest BCUT2D eigenvalue weighted by molar-refractivity contribution is 0.263. The van der Waals surface area contributed by atoms with E-state index in [1.807, 2.05) is 14.1 Å². The first-order valence-corrected chi connectivity index (χ1v) is 5.41. The highest BCUT2D eigenvalue weighted by Crippen LogP contribution is 2.03. The van der Waals surface area contributed by atoms with Crippen LogP contribution in [0, 0.1) is 0 Å². The summed E-state index contributed by atoms with van der Waals surface area (Å²) in [6, 6.07) is 1.98. The van der Waals surface area contributed by atoms with Crippen molar-refractivity contribution in [1.82, 2.24) is 14.9 Å². The maximum absolute atomic E-state index is 5.46. The van der Waals surface area contributed by atoms with Crippen LogP contribution in [0.25, 0.3) is 0 Å². The summed E-state index contributed by atoms with van der Waals surface area (Å²) in [5.74, 6) is 0. The van der Waals surface area contributed by atoms with Gasteiger partial charge in [-0.05, 0) is 26.6 Å². The Bertz CT molecular complexity index is 356. The van der Waals surface area contributed by atoms with Gasteiger partial charge in [-0.15, -0.1) is 0 Å². The monoisotopic (exact) mass is 240 g/mol. The minimum absolute atomic E-state index is 0.251. The van der Waals surface area contributed by atoms with Crippen molar-refractivity contribution >= 4 is 17.2 Å². The zero-order valence-corrected chi connectivity index (χ0v) is 10.3. The van der Waals surface area contributed by atoms with E-state index in [4.69, 9.17) is 22.7 Å². The van der Waals surface area contributed by atoms with Gasteiger partial charge in [0.1, 0.15) is 10.7 Å². The fourth-order valence-corrected chi connectivity index (χ4v) is 1.21. The van der Waals surface area contributed by atoms with Crippen molar-refractivity contribution in [2.75, 3.05) is 27.2 Å². The molecule has 0 saturated heterocycles. The predicted molar refractivity (Wildman–Crippen MR) is 66.6 cm³/mol. The highest BCUT2D eigenvalue weighted by molar-refractivity contribution is 7.80. The highest BCUT2D eigenvalue weighted by Gasteiger charge is 2.02. The predicted octanol–water partition coefficient (Wildman–Crippen LogP) is 0.441. The van der Waals surface area contributed by atoms with Gasteiger partial charge in [-0.3, -0.25) is 0 Å². The smallest absolute Gasteiger partial charge is 0.316 e. The van der Waals surface area contributed by atoms with Crippen LogP contribution >= 0.6 is 12.2 Å². The molecular formula is C10H16N4OS. The van der Waals surface area contributed by atoms with Crippen molar-refractivity contribution in [2.24, 2.45) is 5.73 Å². The second kappa shape index (κ2) is 6.34. The fraction of sp³-hybridized carbons (Fsp3) is 0.500. The van der Waals surface area contributed by atoms with Crippen LogP contribution in [-0.4, -0.2) is 47.1 Å². The number of hydrogen-bond acceptors (Lipinski definition) is 5. The van der Waals surface area contributed by atoms with Crippen molar-refractivity contribution in [3.8, 4) is 6.01 Å². The van der Waals surface area contributed by atoms with E-state index in [0.717, 1.165) is 13.0 Å². The molecule has 2 N–H and O–H groups in total. The van der Waals surface area contributed by atoms with Crippen LogP contribution in [0.1, 0.15) is 12.1 Å². The maximum Gasteiger partial charge on any atom is 0.316 e. The molecule has 0 spiro atoms. The Labute approximate surface area is 101 Å². The summed E-state index contributed by atoms with van der Waals surface area (Å²) in [5, 5.41) is 0. The molecule has 0 aliphatic carbocycles. The molecule has 0 radical (unpaired) electrons. The van der Waals surface area contributed by atoms with Crippen LogP contribution < -0.4 is 10.5 Å². The maximum atomic E-state index is 5.46. The van der Waals surface area contributed by atoms with Gasteiger partial charge >= 0.3 is 6.01 Å². The molecule has 0 unspecified atom stereocenters. The lowest BCUT2D eigenvalue weighted by Crippen LogP contribution is -2.16. The lowest BCUT2D eigenvalue weighted by Gasteiger charge is -2.09. The topological polar surface area (TPSA) is 64.3 Å². The van der Waals surface area contributed by atoms with Gasteiger partial charge in [-0.1, -0.05) is 12.2 Å². The molecular weight excluding hydrogens is 224 g/mol. The Morgan fingerprint density at radius 2 is 2.31 bits per heavy atom. The Morgan fingerprint density at radius 1 is 1.56 bits per heavy atom. The second-order valence-corrected chi connectivity index (χ2v) is 4.03. The standard InChI is InChI=1S/C10H16N4OS/c1-14(2)6-3-7-15-10-12-5-4-8(13-10)9(11)16/h4-5H,3,6-7H2,1-2H3,(H2,11,16). The van der Waals surface area contributed by atoms with Gasteiger partial charge in [0, 0.05) is 12.7 Å². The molecule has 0 saturated carbocycles. The molecule has 1 aromatic heterocycles. The van der Waals surface area contributed by atoms with Gasteiger partial charge in [0.15, 0.2) is 0 Å². The lowest BCUT2D eigenvalue weighted by atomic mass is 10.4. The second-order valence-electron chi connectivity index (χ2n) is 3.59. The summed E-state index contributed by atoms with van der Waals surface area (Å²) in [5.41, 5.74) is 5.99. The van der Waals surface area contributed by atoms with Crippen molar-refractivity contribution in [3.63, 3.8) is 0 Å². The number of aromatic nitrogens is 2. The van der Waals surface area contributed by atoms with Crippen LogP contribution in [0.5, 0.6) is 6.01 Å². The quantitative estimate of drug-likeness (QED) is 0.575. The summed E-state index contributed by atoms with van der Waals surface area (Å²) < 4.78 is 5.38. The summed E-state index contributed by atoms with van der Waals surface area (Å²) in [7, 11) is 4.04. The van der Waals surface area contributed by atoms with E-state index >= 15 is 0 Å². The van der Waals surface area contributed by atoms with Gasteiger partial charge in [0.25, 0.3) is 0 Å². The number of hydrogen-bond donors (Lipinski definition) is 1. The molecule has 5 nitrogen and oxygen atoms in total.